The number of rotatable bonds is 3. The maximum atomic E-state index is 13.9. The van der Waals surface area contributed by atoms with E-state index in [1.807, 2.05) is 80.3 Å². The highest BCUT2D eigenvalue weighted by Crippen LogP contribution is 2.50. The van der Waals surface area contributed by atoms with E-state index in [1.165, 1.54) is 0 Å². The third-order valence-electron chi connectivity index (χ3n) is 6.47. The fraction of sp³-hybridized carbons (Fsp3) is 0.231. The maximum absolute atomic E-state index is 13.9. The lowest BCUT2D eigenvalue weighted by Gasteiger charge is -2.56. The van der Waals surface area contributed by atoms with Crippen LogP contribution in [0, 0.1) is 19.8 Å². The summed E-state index contributed by atoms with van der Waals surface area (Å²) in [5.74, 6) is -0.124. The molecule has 2 N–H and O–H groups in total. The molecule has 0 spiro atoms. The molecule has 1 amide bonds. The summed E-state index contributed by atoms with van der Waals surface area (Å²) in [5, 5.41) is 7.59. The van der Waals surface area contributed by atoms with E-state index in [2.05, 4.69) is 26.6 Å². The van der Waals surface area contributed by atoms with Crippen molar-refractivity contribution in [2.24, 2.45) is 5.92 Å². The van der Waals surface area contributed by atoms with Crippen LogP contribution in [-0.4, -0.2) is 16.7 Å². The van der Waals surface area contributed by atoms with Crippen molar-refractivity contribution < 1.29 is 9.53 Å². The Hall–Kier alpha value is -2.61. The molecule has 8 heteroatoms. The van der Waals surface area contributed by atoms with Crippen molar-refractivity contribution in [2.45, 2.75) is 32.5 Å². The second-order valence-corrected chi connectivity index (χ2v) is 10.6. The van der Waals surface area contributed by atoms with Gasteiger partial charge in [-0.3, -0.25) is 9.69 Å². The van der Waals surface area contributed by atoms with Gasteiger partial charge >= 0.3 is 0 Å². The quantitative estimate of drug-likeness (QED) is 0.360. The van der Waals surface area contributed by atoms with Crippen molar-refractivity contribution in [3.05, 3.63) is 86.8 Å². The SMILES string of the molecule is Cc1ccc(NC(=O)[C@@H]2[C@H]3NC(=S)N(c4ccc(Br)cc4)[C@@]2(C)Oc2ccc(Cl)cc23)c(C)c1. The van der Waals surface area contributed by atoms with Gasteiger partial charge in [0.15, 0.2) is 10.8 Å². The first-order valence-corrected chi connectivity index (χ1v) is 12.5. The molecule has 5 rings (SSSR count). The first kappa shape index (κ1) is 23.1. The van der Waals surface area contributed by atoms with Gasteiger partial charge in [0.05, 0.1) is 6.04 Å². The fourth-order valence-electron chi connectivity index (χ4n) is 4.90. The molecule has 3 atom stereocenters. The van der Waals surface area contributed by atoms with Crippen molar-refractivity contribution in [1.82, 2.24) is 5.32 Å². The molecular formula is C26H23BrClN3O2S. The Morgan fingerprint density at radius 1 is 1.15 bits per heavy atom. The summed E-state index contributed by atoms with van der Waals surface area (Å²) < 4.78 is 7.55. The highest BCUT2D eigenvalue weighted by molar-refractivity contribution is 9.10. The molecule has 1 saturated heterocycles. The van der Waals surface area contributed by atoms with Gasteiger partial charge in [-0.2, -0.15) is 0 Å². The van der Waals surface area contributed by atoms with Crippen LogP contribution < -0.4 is 20.3 Å². The van der Waals surface area contributed by atoms with E-state index in [0.29, 0.717) is 15.9 Å². The van der Waals surface area contributed by atoms with Crippen LogP contribution in [0.4, 0.5) is 11.4 Å². The Labute approximate surface area is 217 Å². The van der Waals surface area contributed by atoms with Crippen molar-refractivity contribution in [3.63, 3.8) is 0 Å². The molecule has 0 aromatic heterocycles. The van der Waals surface area contributed by atoms with Crippen molar-refractivity contribution in [2.75, 3.05) is 10.2 Å². The van der Waals surface area contributed by atoms with Crippen LogP contribution in [0.3, 0.4) is 0 Å². The lowest BCUT2D eigenvalue weighted by Crippen LogP contribution is -2.72. The van der Waals surface area contributed by atoms with E-state index >= 15 is 0 Å². The highest BCUT2D eigenvalue weighted by Gasteiger charge is 2.59. The summed E-state index contributed by atoms with van der Waals surface area (Å²) in [5.41, 5.74) is 3.46. The normalized spacial score (nSPS) is 23.0. The van der Waals surface area contributed by atoms with Crippen LogP contribution in [0.5, 0.6) is 5.75 Å². The van der Waals surface area contributed by atoms with E-state index in [0.717, 1.165) is 32.5 Å². The summed E-state index contributed by atoms with van der Waals surface area (Å²) in [6, 6.07) is 18.8. The number of carbonyl (C=O) groups excluding carboxylic acids is 1. The van der Waals surface area contributed by atoms with E-state index < -0.39 is 17.7 Å². The monoisotopic (exact) mass is 555 g/mol. The van der Waals surface area contributed by atoms with Gasteiger partial charge in [0.25, 0.3) is 0 Å². The lowest BCUT2D eigenvalue weighted by atomic mass is 9.78. The molecule has 34 heavy (non-hydrogen) atoms. The number of aryl methyl sites for hydroxylation is 2. The molecule has 5 nitrogen and oxygen atoms in total. The average molecular weight is 557 g/mol. The van der Waals surface area contributed by atoms with Crippen LogP contribution in [0.2, 0.25) is 5.02 Å². The Bertz CT molecular complexity index is 1320. The summed E-state index contributed by atoms with van der Waals surface area (Å²) in [6.07, 6.45) is 0. The first-order valence-electron chi connectivity index (χ1n) is 10.9. The van der Waals surface area contributed by atoms with Crippen LogP contribution in [0.25, 0.3) is 0 Å². The molecular weight excluding hydrogens is 534 g/mol. The minimum atomic E-state index is -1.08. The van der Waals surface area contributed by atoms with Gasteiger partial charge in [-0.05, 0) is 87.1 Å². The number of thiocarbonyl (C=S) groups is 1. The topological polar surface area (TPSA) is 53.6 Å². The summed E-state index contributed by atoms with van der Waals surface area (Å²) >= 11 is 15.6. The van der Waals surface area contributed by atoms with Crippen LogP contribution in [-0.2, 0) is 4.79 Å². The van der Waals surface area contributed by atoms with Gasteiger partial charge in [0.2, 0.25) is 5.91 Å². The zero-order valence-electron chi connectivity index (χ0n) is 18.9. The van der Waals surface area contributed by atoms with E-state index in [-0.39, 0.29) is 5.91 Å². The van der Waals surface area contributed by atoms with Gasteiger partial charge in [0.1, 0.15) is 11.7 Å². The smallest absolute Gasteiger partial charge is 0.236 e. The lowest BCUT2D eigenvalue weighted by molar-refractivity contribution is -0.130. The molecule has 0 unspecified atom stereocenters. The Balaban J connectivity index is 1.63. The highest BCUT2D eigenvalue weighted by atomic mass is 79.9. The number of ether oxygens (including phenoxy) is 1. The Morgan fingerprint density at radius 3 is 2.59 bits per heavy atom. The van der Waals surface area contributed by atoms with Gasteiger partial charge in [-0.15, -0.1) is 0 Å². The first-order chi connectivity index (χ1) is 16.2. The molecule has 1 fully saturated rings. The van der Waals surface area contributed by atoms with Crippen LogP contribution in [0.15, 0.2) is 65.1 Å². The number of nitrogens with one attached hydrogen (secondary N) is 2. The number of carbonyl (C=O) groups is 1. The van der Waals surface area contributed by atoms with E-state index in [4.69, 9.17) is 28.6 Å². The third kappa shape index (κ3) is 3.85. The largest absolute Gasteiger partial charge is 0.467 e. The van der Waals surface area contributed by atoms with Gasteiger partial charge in [-0.1, -0.05) is 45.2 Å². The van der Waals surface area contributed by atoms with Gasteiger partial charge < -0.3 is 15.4 Å². The number of hydrogen-bond acceptors (Lipinski definition) is 3. The molecule has 0 radical (unpaired) electrons. The number of anilines is 2. The Kier molecular flexibility index (Phi) is 5.82. The van der Waals surface area contributed by atoms with Crippen LogP contribution >= 0.6 is 39.7 Å². The summed E-state index contributed by atoms with van der Waals surface area (Å²) in [7, 11) is 0. The fourth-order valence-corrected chi connectivity index (χ4v) is 5.76. The number of benzene rings is 3. The van der Waals surface area contributed by atoms with Crippen molar-refractivity contribution in [3.8, 4) is 5.75 Å². The second kappa shape index (κ2) is 8.56. The maximum Gasteiger partial charge on any atom is 0.236 e. The predicted molar refractivity (Wildman–Crippen MR) is 144 cm³/mol. The third-order valence-corrected chi connectivity index (χ3v) is 7.53. The van der Waals surface area contributed by atoms with Gasteiger partial charge in [-0.25, -0.2) is 0 Å². The predicted octanol–water partition coefficient (Wildman–Crippen LogP) is 6.52. The number of halogens is 2. The van der Waals surface area contributed by atoms with Gasteiger partial charge in [0, 0.05) is 26.4 Å². The molecule has 174 valence electrons. The van der Waals surface area contributed by atoms with Crippen LogP contribution in [0.1, 0.15) is 29.7 Å². The zero-order valence-corrected chi connectivity index (χ0v) is 22.0. The number of amides is 1. The minimum Gasteiger partial charge on any atom is -0.467 e. The van der Waals surface area contributed by atoms with Crippen molar-refractivity contribution in [1.29, 1.82) is 0 Å². The Morgan fingerprint density at radius 2 is 1.88 bits per heavy atom. The summed E-state index contributed by atoms with van der Waals surface area (Å²) in [6.45, 7) is 5.93. The molecule has 2 aliphatic rings. The average Bonchev–Trinajstić information content (AvgIpc) is 2.77. The second-order valence-electron chi connectivity index (χ2n) is 8.86. The standard InChI is InChI=1S/C26H23BrClN3O2S/c1-14-4-10-20(15(2)12-14)29-24(32)22-23-19-13-17(28)7-11-21(19)33-26(22,3)31(25(34)30-23)18-8-5-16(27)6-9-18/h4-13,22-23H,1-3H3,(H,29,32)(H,30,34)/t22-,23-,26-/m0/s1. The van der Waals surface area contributed by atoms with Crippen molar-refractivity contribution >= 4 is 62.1 Å². The molecule has 0 aliphatic carbocycles. The molecule has 3 aromatic carbocycles. The molecule has 2 heterocycles. The molecule has 3 aromatic rings. The summed E-state index contributed by atoms with van der Waals surface area (Å²) in [4.78, 5) is 15.8. The molecule has 2 bridgehead atoms. The number of nitrogens with zero attached hydrogens (tertiary/aromatic N) is 1. The van der Waals surface area contributed by atoms with E-state index in [9.17, 15) is 4.79 Å². The minimum absolute atomic E-state index is 0.165. The molecule has 0 saturated carbocycles. The molecule has 2 aliphatic heterocycles. The van der Waals surface area contributed by atoms with E-state index in [1.54, 1.807) is 6.07 Å². The zero-order chi connectivity index (χ0) is 24.2. The number of hydrogen-bond donors (Lipinski definition) is 2. The number of fused-ring (bicyclic) bond motifs is 4.